The monoisotopic (exact) mass is 515 g/mol. The van der Waals surface area contributed by atoms with Gasteiger partial charge in [0.2, 0.25) is 11.8 Å². The van der Waals surface area contributed by atoms with Crippen LogP contribution in [-0.4, -0.2) is 71.1 Å². The largest absolute Gasteiger partial charge is 0.481 e. The average Bonchev–Trinajstić information content (AvgIpc) is 3.11. The number of para-hydroxylation sites is 2. The summed E-state index contributed by atoms with van der Waals surface area (Å²) in [7, 11) is 0. The van der Waals surface area contributed by atoms with E-state index in [1.54, 1.807) is 38.1 Å². The van der Waals surface area contributed by atoms with Gasteiger partial charge in [0.25, 0.3) is 11.8 Å². The third-order valence-corrected chi connectivity index (χ3v) is 6.47. The maximum Gasteiger partial charge on any atom is 0.305 e. The van der Waals surface area contributed by atoms with E-state index in [-0.39, 0.29) is 18.1 Å². The van der Waals surface area contributed by atoms with Crippen molar-refractivity contribution in [2.24, 2.45) is 0 Å². The highest BCUT2D eigenvalue weighted by Crippen LogP contribution is 2.33. The molecule has 0 saturated heterocycles. The highest BCUT2D eigenvalue weighted by atomic mass is 32.1. The van der Waals surface area contributed by atoms with Crippen molar-refractivity contribution in [2.45, 2.75) is 39.3 Å². The summed E-state index contributed by atoms with van der Waals surface area (Å²) in [6.07, 6.45) is -0.325. The quantitative estimate of drug-likeness (QED) is 0.425. The Kier molecular flexibility index (Phi) is 8.14. The molecule has 0 spiro atoms. The molecule has 13 heteroatoms. The summed E-state index contributed by atoms with van der Waals surface area (Å²) in [6.45, 7) is 3.98. The Morgan fingerprint density at radius 1 is 1.22 bits per heavy atom. The number of aldehydes is 1. The molecule has 2 atom stereocenters. The predicted octanol–water partition coefficient (Wildman–Crippen LogP) is 0.416. The Hall–Kier alpha value is -4.13. The van der Waals surface area contributed by atoms with Crippen molar-refractivity contribution in [3.63, 3.8) is 0 Å². The molecule has 3 rings (SSSR count). The van der Waals surface area contributed by atoms with Gasteiger partial charge in [-0.2, -0.15) is 0 Å². The van der Waals surface area contributed by atoms with E-state index < -0.39 is 48.7 Å². The van der Waals surface area contributed by atoms with Crippen molar-refractivity contribution >= 4 is 58.6 Å². The van der Waals surface area contributed by atoms with Crippen molar-refractivity contribution in [1.82, 2.24) is 15.6 Å². The summed E-state index contributed by atoms with van der Waals surface area (Å²) in [5.41, 5.74) is 1.10. The van der Waals surface area contributed by atoms with Gasteiger partial charge in [0.15, 0.2) is 0 Å². The zero-order valence-electron chi connectivity index (χ0n) is 19.8. The van der Waals surface area contributed by atoms with Crippen molar-refractivity contribution < 1.29 is 33.9 Å². The van der Waals surface area contributed by atoms with E-state index in [0.29, 0.717) is 27.6 Å². The maximum atomic E-state index is 13.6. The number of benzene rings is 1. The van der Waals surface area contributed by atoms with E-state index in [4.69, 9.17) is 5.11 Å². The molecule has 3 N–H and O–H groups in total. The molecule has 0 fully saturated rings. The van der Waals surface area contributed by atoms with E-state index in [0.717, 1.165) is 16.2 Å². The molecule has 0 saturated carbocycles. The summed E-state index contributed by atoms with van der Waals surface area (Å²) in [6, 6.07) is 3.95. The van der Waals surface area contributed by atoms with Crippen LogP contribution in [-0.2, 0) is 24.0 Å². The minimum absolute atomic E-state index is 0.179. The molecular formula is C23H25N5O7S. The molecular weight excluding hydrogens is 490 g/mol. The van der Waals surface area contributed by atoms with Crippen LogP contribution in [0.2, 0.25) is 0 Å². The maximum absolute atomic E-state index is 13.6. The Morgan fingerprint density at radius 2 is 1.89 bits per heavy atom. The van der Waals surface area contributed by atoms with Gasteiger partial charge in [0.1, 0.15) is 23.7 Å². The Balaban J connectivity index is 1.95. The summed E-state index contributed by atoms with van der Waals surface area (Å²) in [4.78, 5) is 80.9. The van der Waals surface area contributed by atoms with E-state index in [9.17, 15) is 28.8 Å². The van der Waals surface area contributed by atoms with Crippen LogP contribution in [0.1, 0.15) is 33.7 Å². The lowest BCUT2D eigenvalue weighted by Crippen LogP contribution is -2.54. The second-order valence-electron chi connectivity index (χ2n) is 8.12. The van der Waals surface area contributed by atoms with Crippen molar-refractivity contribution in [2.75, 3.05) is 22.9 Å². The van der Waals surface area contributed by atoms with Gasteiger partial charge in [-0.1, -0.05) is 12.1 Å². The Morgan fingerprint density at radius 3 is 2.44 bits per heavy atom. The molecule has 0 unspecified atom stereocenters. The number of aryl methyl sites for hydroxylation is 2. The molecule has 1 aliphatic heterocycles. The fourth-order valence-electron chi connectivity index (χ4n) is 3.84. The van der Waals surface area contributed by atoms with Crippen LogP contribution < -0.4 is 20.4 Å². The number of thiazole rings is 1. The van der Waals surface area contributed by atoms with Crippen LogP contribution in [0, 0.1) is 13.8 Å². The molecule has 36 heavy (non-hydrogen) atoms. The fraction of sp³-hybridized carbons (Fsp3) is 0.348. The van der Waals surface area contributed by atoms with Crippen molar-refractivity contribution in [3.8, 4) is 0 Å². The number of aliphatic carboxylic acids is 1. The number of hydrogen-bond acceptors (Lipinski definition) is 8. The lowest BCUT2D eigenvalue weighted by molar-refractivity contribution is -0.139. The summed E-state index contributed by atoms with van der Waals surface area (Å²) in [5, 5.41) is 14.5. The van der Waals surface area contributed by atoms with Gasteiger partial charge >= 0.3 is 5.97 Å². The number of nitrogens with zero attached hydrogens (tertiary/aromatic N) is 3. The molecule has 1 aliphatic rings. The number of fused-ring (bicyclic) bond motifs is 1. The smallest absolute Gasteiger partial charge is 0.305 e. The number of amides is 4. The first-order chi connectivity index (χ1) is 17.0. The van der Waals surface area contributed by atoms with Gasteiger partial charge < -0.3 is 25.4 Å². The van der Waals surface area contributed by atoms with Crippen molar-refractivity contribution in [1.29, 1.82) is 0 Å². The third-order valence-electron chi connectivity index (χ3n) is 5.39. The highest BCUT2D eigenvalue weighted by molar-refractivity contribution is 7.13. The second-order valence-corrected chi connectivity index (χ2v) is 9.33. The standard InChI is InChI=1S/C23H25N5O7S/c1-12-21(36-13(2)24-12)22(34)26-16-9-27(14(3)30)17-6-4-5-7-18(17)28(23(16)35)10-19(31)25-15(11-29)8-20(32)33/h4-7,11,15-16H,8-10H2,1-3H3,(H,25,31)(H,26,34)(H,32,33)/t15-,16-/m0/s1. The second kappa shape index (κ2) is 11.1. The average molecular weight is 516 g/mol. The zero-order chi connectivity index (χ0) is 26.6. The number of carboxylic acids is 1. The van der Waals surface area contributed by atoms with E-state index in [1.165, 1.54) is 11.8 Å². The number of nitrogens with one attached hydrogen (secondary N) is 2. The molecule has 0 aliphatic carbocycles. The van der Waals surface area contributed by atoms with Crippen LogP contribution in [0.25, 0.3) is 0 Å². The van der Waals surface area contributed by atoms with Crippen LogP contribution in [0.15, 0.2) is 24.3 Å². The number of carboxylic acid groups (broad SMARTS) is 1. The van der Waals surface area contributed by atoms with Crippen LogP contribution >= 0.6 is 11.3 Å². The molecule has 12 nitrogen and oxygen atoms in total. The van der Waals surface area contributed by atoms with E-state index >= 15 is 0 Å². The van der Waals surface area contributed by atoms with Gasteiger partial charge in [0, 0.05) is 6.92 Å². The van der Waals surface area contributed by atoms with Gasteiger partial charge in [-0.05, 0) is 26.0 Å². The number of rotatable bonds is 8. The molecule has 0 bridgehead atoms. The van der Waals surface area contributed by atoms with Gasteiger partial charge in [-0.15, -0.1) is 11.3 Å². The molecule has 4 amide bonds. The lowest BCUT2D eigenvalue weighted by atomic mass is 10.2. The Bertz CT molecular complexity index is 1230. The highest BCUT2D eigenvalue weighted by Gasteiger charge is 2.37. The van der Waals surface area contributed by atoms with Crippen molar-refractivity contribution in [3.05, 3.63) is 39.8 Å². The summed E-state index contributed by atoms with van der Waals surface area (Å²) >= 11 is 1.16. The Labute approximate surface area is 210 Å². The lowest BCUT2D eigenvalue weighted by Gasteiger charge is -2.25. The molecule has 1 aromatic carbocycles. The molecule has 1 aromatic heterocycles. The SMILES string of the molecule is CC(=O)N1C[C@H](NC(=O)c2sc(C)nc2C)C(=O)N(CC(=O)N[C@H](C=O)CC(=O)O)c2ccccc21. The number of carbonyl (C=O) groups excluding carboxylic acids is 5. The van der Waals surface area contributed by atoms with Gasteiger partial charge in [0.05, 0.1) is 41.1 Å². The summed E-state index contributed by atoms with van der Waals surface area (Å²) < 4.78 is 0. The minimum Gasteiger partial charge on any atom is -0.481 e. The van der Waals surface area contributed by atoms with Gasteiger partial charge in [-0.3, -0.25) is 28.9 Å². The zero-order valence-corrected chi connectivity index (χ0v) is 20.6. The van der Waals surface area contributed by atoms with Crippen LogP contribution in [0.5, 0.6) is 0 Å². The van der Waals surface area contributed by atoms with E-state index in [1.807, 2.05) is 0 Å². The molecule has 190 valence electrons. The summed E-state index contributed by atoms with van der Waals surface area (Å²) in [5.74, 6) is -3.65. The normalized spacial score (nSPS) is 16.0. The predicted molar refractivity (Wildman–Crippen MR) is 130 cm³/mol. The fourth-order valence-corrected chi connectivity index (χ4v) is 4.66. The number of carbonyl (C=O) groups is 6. The number of aromatic nitrogens is 1. The first kappa shape index (κ1) is 26.5. The molecule has 2 aromatic rings. The third kappa shape index (κ3) is 5.92. The minimum atomic E-state index is -1.28. The first-order valence-corrected chi connectivity index (χ1v) is 11.7. The number of hydrogen-bond donors (Lipinski definition) is 3. The number of anilines is 2. The topological polar surface area (TPSA) is 166 Å². The van der Waals surface area contributed by atoms with Gasteiger partial charge in [-0.25, -0.2) is 4.98 Å². The van der Waals surface area contributed by atoms with E-state index in [2.05, 4.69) is 15.6 Å². The first-order valence-electron chi connectivity index (χ1n) is 10.9. The van der Waals surface area contributed by atoms with Crippen LogP contribution in [0.3, 0.4) is 0 Å². The molecule has 0 radical (unpaired) electrons. The molecule has 2 heterocycles. The van der Waals surface area contributed by atoms with Crippen LogP contribution in [0.4, 0.5) is 11.4 Å².